The Kier molecular flexibility index (Phi) is 6.29. The van der Waals surface area contributed by atoms with Gasteiger partial charge in [-0.25, -0.2) is 0 Å². The standard InChI is InChI=1S/C10H16O2/c1-9(6-7-11)4-3-5-10(2)8-12/h4-5,7,12H,3,6,8H2,1-2H3/b9-4+,10-5?. The molecule has 0 amide bonds. The number of allylic oxidation sites excluding steroid dienone is 3. The van der Waals surface area contributed by atoms with Crippen molar-refractivity contribution in [3.8, 4) is 0 Å². The van der Waals surface area contributed by atoms with E-state index in [2.05, 4.69) is 0 Å². The molecule has 0 aromatic rings. The lowest BCUT2D eigenvalue weighted by atomic mass is 10.1. The Labute approximate surface area is 73.6 Å². The summed E-state index contributed by atoms with van der Waals surface area (Å²) in [6.07, 6.45) is 6.15. The van der Waals surface area contributed by atoms with E-state index < -0.39 is 0 Å². The van der Waals surface area contributed by atoms with Crippen LogP contribution in [0.2, 0.25) is 0 Å². The van der Waals surface area contributed by atoms with E-state index in [1.54, 1.807) is 0 Å². The lowest BCUT2D eigenvalue weighted by molar-refractivity contribution is -0.107. The van der Waals surface area contributed by atoms with Crippen molar-refractivity contribution in [1.29, 1.82) is 0 Å². The summed E-state index contributed by atoms with van der Waals surface area (Å²) in [4.78, 5) is 10.1. The van der Waals surface area contributed by atoms with Crippen LogP contribution in [-0.4, -0.2) is 18.0 Å². The fraction of sp³-hybridized carbons (Fsp3) is 0.500. The first kappa shape index (κ1) is 11.1. The van der Waals surface area contributed by atoms with E-state index in [1.165, 1.54) is 0 Å². The van der Waals surface area contributed by atoms with Gasteiger partial charge < -0.3 is 9.90 Å². The normalized spacial score (nSPS) is 13.2. The molecule has 0 fully saturated rings. The van der Waals surface area contributed by atoms with Gasteiger partial charge in [0, 0.05) is 6.42 Å². The highest BCUT2D eigenvalue weighted by molar-refractivity contribution is 5.53. The van der Waals surface area contributed by atoms with Crippen molar-refractivity contribution in [2.75, 3.05) is 6.61 Å². The van der Waals surface area contributed by atoms with Gasteiger partial charge in [-0.1, -0.05) is 23.3 Å². The second-order valence-electron chi connectivity index (χ2n) is 2.87. The molecule has 0 bridgehead atoms. The first-order valence-corrected chi connectivity index (χ1v) is 4.06. The Morgan fingerprint density at radius 2 is 1.83 bits per heavy atom. The zero-order valence-electron chi connectivity index (χ0n) is 7.71. The van der Waals surface area contributed by atoms with Gasteiger partial charge in [0.2, 0.25) is 0 Å². The molecule has 0 saturated heterocycles. The number of rotatable bonds is 5. The smallest absolute Gasteiger partial charge is 0.124 e. The maximum atomic E-state index is 10.1. The van der Waals surface area contributed by atoms with E-state index in [4.69, 9.17) is 5.11 Å². The third-order valence-electron chi connectivity index (χ3n) is 1.59. The van der Waals surface area contributed by atoms with Gasteiger partial charge in [0.25, 0.3) is 0 Å². The molecule has 2 nitrogen and oxygen atoms in total. The van der Waals surface area contributed by atoms with Crippen LogP contribution in [0.4, 0.5) is 0 Å². The summed E-state index contributed by atoms with van der Waals surface area (Å²) in [6.45, 7) is 3.92. The highest BCUT2D eigenvalue weighted by Crippen LogP contribution is 2.01. The van der Waals surface area contributed by atoms with Gasteiger partial charge in [0.15, 0.2) is 0 Å². The number of hydrogen-bond acceptors (Lipinski definition) is 2. The summed E-state index contributed by atoms with van der Waals surface area (Å²) in [7, 11) is 0. The number of carbonyl (C=O) groups is 1. The van der Waals surface area contributed by atoms with Crippen LogP contribution in [0, 0.1) is 0 Å². The molecule has 0 atom stereocenters. The van der Waals surface area contributed by atoms with Crippen molar-refractivity contribution in [3.63, 3.8) is 0 Å². The highest BCUT2D eigenvalue weighted by atomic mass is 16.3. The molecule has 0 aliphatic heterocycles. The lowest BCUT2D eigenvalue weighted by Gasteiger charge is -1.93. The number of aliphatic hydroxyl groups is 1. The second kappa shape index (κ2) is 6.80. The molecule has 0 spiro atoms. The predicted molar refractivity (Wildman–Crippen MR) is 49.9 cm³/mol. The van der Waals surface area contributed by atoms with Gasteiger partial charge in [-0.2, -0.15) is 0 Å². The first-order chi connectivity index (χ1) is 5.70. The largest absolute Gasteiger partial charge is 0.392 e. The Balaban J connectivity index is 3.80. The summed E-state index contributed by atoms with van der Waals surface area (Å²) < 4.78 is 0. The molecule has 0 rings (SSSR count). The van der Waals surface area contributed by atoms with Crippen LogP contribution in [0.3, 0.4) is 0 Å². The third-order valence-corrected chi connectivity index (χ3v) is 1.59. The van der Waals surface area contributed by atoms with Crippen LogP contribution in [0.25, 0.3) is 0 Å². The average Bonchev–Trinajstić information content (AvgIpc) is 2.04. The molecule has 12 heavy (non-hydrogen) atoms. The van der Waals surface area contributed by atoms with Gasteiger partial charge in [-0.3, -0.25) is 0 Å². The molecule has 0 aromatic carbocycles. The van der Waals surface area contributed by atoms with Crippen LogP contribution in [0.1, 0.15) is 26.7 Å². The van der Waals surface area contributed by atoms with Crippen molar-refractivity contribution in [2.24, 2.45) is 0 Å². The van der Waals surface area contributed by atoms with Crippen molar-refractivity contribution >= 4 is 6.29 Å². The maximum Gasteiger partial charge on any atom is 0.124 e. The highest BCUT2D eigenvalue weighted by Gasteiger charge is 1.86. The summed E-state index contributed by atoms with van der Waals surface area (Å²) in [5.41, 5.74) is 2.04. The van der Waals surface area contributed by atoms with E-state index in [-0.39, 0.29) is 6.61 Å². The summed E-state index contributed by atoms with van der Waals surface area (Å²) >= 11 is 0. The first-order valence-electron chi connectivity index (χ1n) is 4.06. The van der Waals surface area contributed by atoms with E-state index in [0.717, 1.165) is 23.9 Å². The molecule has 0 aliphatic carbocycles. The van der Waals surface area contributed by atoms with Gasteiger partial charge in [-0.15, -0.1) is 0 Å². The number of aliphatic hydroxyl groups excluding tert-OH is 1. The molecular weight excluding hydrogens is 152 g/mol. The lowest BCUT2D eigenvalue weighted by Crippen LogP contribution is -1.83. The van der Waals surface area contributed by atoms with Gasteiger partial charge >= 0.3 is 0 Å². The molecule has 0 saturated carbocycles. The fourth-order valence-electron chi connectivity index (χ4n) is 0.741. The van der Waals surface area contributed by atoms with E-state index in [1.807, 2.05) is 26.0 Å². The maximum absolute atomic E-state index is 10.1. The number of aldehydes is 1. The topological polar surface area (TPSA) is 37.3 Å². The summed E-state index contributed by atoms with van der Waals surface area (Å²) in [5.74, 6) is 0. The second-order valence-corrected chi connectivity index (χ2v) is 2.87. The van der Waals surface area contributed by atoms with Crippen LogP contribution in [-0.2, 0) is 4.79 Å². The summed E-state index contributed by atoms with van der Waals surface area (Å²) in [6, 6.07) is 0. The minimum absolute atomic E-state index is 0.112. The van der Waals surface area contributed by atoms with Crippen LogP contribution in [0.15, 0.2) is 23.3 Å². The van der Waals surface area contributed by atoms with Crippen LogP contribution >= 0.6 is 0 Å². The Morgan fingerprint density at radius 3 is 2.33 bits per heavy atom. The quantitative estimate of drug-likeness (QED) is 0.502. The minimum Gasteiger partial charge on any atom is -0.392 e. The van der Waals surface area contributed by atoms with Gasteiger partial charge in [0.05, 0.1) is 6.61 Å². The Bertz CT molecular complexity index is 190. The number of carbonyl (C=O) groups excluding carboxylic acids is 1. The Hall–Kier alpha value is -0.890. The summed E-state index contributed by atoms with van der Waals surface area (Å²) in [5, 5.41) is 8.66. The molecule has 2 heteroatoms. The number of hydrogen-bond donors (Lipinski definition) is 1. The van der Waals surface area contributed by atoms with Gasteiger partial charge in [-0.05, 0) is 20.3 Å². The third kappa shape index (κ3) is 5.86. The van der Waals surface area contributed by atoms with Crippen molar-refractivity contribution in [3.05, 3.63) is 23.3 Å². The molecule has 0 unspecified atom stereocenters. The van der Waals surface area contributed by atoms with Crippen LogP contribution in [0.5, 0.6) is 0 Å². The van der Waals surface area contributed by atoms with Crippen LogP contribution < -0.4 is 0 Å². The molecule has 0 radical (unpaired) electrons. The predicted octanol–water partition coefficient (Wildman–Crippen LogP) is 1.85. The molecule has 0 heterocycles. The fourth-order valence-corrected chi connectivity index (χ4v) is 0.741. The van der Waals surface area contributed by atoms with Crippen molar-refractivity contribution < 1.29 is 9.90 Å². The minimum atomic E-state index is 0.112. The SMILES string of the molecule is CC(=CC/C=C(\C)CC=O)CO. The van der Waals surface area contributed by atoms with E-state index >= 15 is 0 Å². The molecule has 68 valence electrons. The zero-order chi connectivity index (χ0) is 9.40. The monoisotopic (exact) mass is 168 g/mol. The molecule has 0 aliphatic rings. The van der Waals surface area contributed by atoms with Crippen molar-refractivity contribution in [1.82, 2.24) is 0 Å². The van der Waals surface area contributed by atoms with E-state index in [0.29, 0.717) is 6.42 Å². The van der Waals surface area contributed by atoms with Gasteiger partial charge in [0.1, 0.15) is 6.29 Å². The Morgan fingerprint density at radius 1 is 1.25 bits per heavy atom. The zero-order valence-corrected chi connectivity index (χ0v) is 7.71. The van der Waals surface area contributed by atoms with Crippen molar-refractivity contribution in [2.45, 2.75) is 26.7 Å². The molecule has 0 aromatic heterocycles. The molecule has 1 N–H and O–H groups in total. The average molecular weight is 168 g/mol. The molecular formula is C10H16O2. The van der Waals surface area contributed by atoms with E-state index in [9.17, 15) is 4.79 Å².